The predicted molar refractivity (Wildman–Crippen MR) is 101 cm³/mol. The summed E-state index contributed by atoms with van der Waals surface area (Å²) in [6, 6.07) is 13.3. The van der Waals surface area contributed by atoms with Gasteiger partial charge in [-0.05, 0) is 42.8 Å². The predicted octanol–water partition coefficient (Wildman–Crippen LogP) is 5.45. The number of carboxylic acids is 1. The lowest BCUT2D eigenvalue weighted by Crippen LogP contribution is -2.07. The number of hydrogen-bond donors (Lipinski definition) is 1. The van der Waals surface area contributed by atoms with Gasteiger partial charge in [-0.25, -0.2) is 13.8 Å². The molecule has 1 aromatic heterocycles. The van der Waals surface area contributed by atoms with E-state index in [1.165, 1.54) is 31.2 Å². The zero-order valence-electron chi connectivity index (χ0n) is 14.8. The molecule has 0 aliphatic heterocycles. The number of ether oxygens (including phenoxy) is 1. The third kappa shape index (κ3) is 4.46. The van der Waals surface area contributed by atoms with E-state index in [1.807, 2.05) is 0 Å². The van der Waals surface area contributed by atoms with E-state index in [4.69, 9.17) is 21.4 Å². The van der Waals surface area contributed by atoms with Gasteiger partial charge in [-0.2, -0.15) is 0 Å². The van der Waals surface area contributed by atoms with E-state index in [0.717, 1.165) is 0 Å². The lowest BCUT2D eigenvalue weighted by molar-refractivity contribution is -0.138. The van der Waals surface area contributed by atoms with E-state index >= 15 is 0 Å². The minimum Gasteiger partial charge on any atom is -0.481 e. The van der Waals surface area contributed by atoms with Crippen molar-refractivity contribution in [2.45, 2.75) is 19.4 Å². The molecule has 1 N–H and O–H groups in total. The number of halogens is 3. The minimum absolute atomic E-state index is 0.0585. The standard InChI is InChI=1S/C21H16ClF2NO3/c1-12(21(26)27)13-6-8-16(18(24)9-13)19-3-2-4-20(25-19)28-11-14-5-7-15(22)10-17(14)23/h2-10,12H,11H2,1H3,(H,26,27). The first-order valence-corrected chi connectivity index (χ1v) is 8.79. The zero-order valence-corrected chi connectivity index (χ0v) is 15.6. The number of aromatic nitrogens is 1. The highest BCUT2D eigenvalue weighted by molar-refractivity contribution is 6.30. The van der Waals surface area contributed by atoms with Crippen molar-refractivity contribution in [3.8, 4) is 17.1 Å². The monoisotopic (exact) mass is 403 g/mol. The molecule has 0 aliphatic rings. The summed E-state index contributed by atoms with van der Waals surface area (Å²) in [5, 5.41) is 9.34. The third-order valence-corrected chi connectivity index (χ3v) is 4.49. The molecule has 1 unspecified atom stereocenters. The largest absolute Gasteiger partial charge is 0.481 e. The first-order valence-electron chi connectivity index (χ1n) is 8.41. The molecule has 7 heteroatoms. The van der Waals surface area contributed by atoms with Crippen molar-refractivity contribution in [1.82, 2.24) is 4.98 Å². The van der Waals surface area contributed by atoms with Crippen LogP contribution in [0.25, 0.3) is 11.3 Å². The summed E-state index contributed by atoms with van der Waals surface area (Å²) in [6.45, 7) is 1.43. The fourth-order valence-electron chi connectivity index (χ4n) is 2.59. The van der Waals surface area contributed by atoms with Gasteiger partial charge >= 0.3 is 5.97 Å². The van der Waals surface area contributed by atoms with Gasteiger partial charge in [0.1, 0.15) is 18.2 Å². The van der Waals surface area contributed by atoms with Crippen molar-refractivity contribution in [1.29, 1.82) is 0 Å². The summed E-state index contributed by atoms with van der Waals surface area (Å²) in [4.78, 5) is 15.3. The lowest BCUT2D eigenvalue weighted by Gasteiger charge is -2.11. The third-order valence-electron chi connectivity index (χ3n) is 4.25. The van der Waals surface area contributed by atoms with E-state index in [1.54, 1.807) is 30.3 Å². The normalized spacial score (nSPS) is 11.9. The number of carbonyl (C=O) groups is 1. The Bertz CT molecular complexity index is 1030. The van der Waals surface area contributed by atoms with Crippen LogP contribution in [-0.2, 0) is 11.4 Å². The molecule has 0 saturated carbocycles. The van der Waals surface area contributed by atoms with E-state index in [9.17, 15) is 13.6 Å². The van der Waals surface area contributed by atoms with Crippen LogP contribution in [0.1, 0.15) is 24.0 Å². The summed E-state index contributed by atoms with van der Waals surface area (Å²) in [7, 11) is 0. The number of benzene rings is 2. The van der Waals surface area contributed by atoms with Gasteiger partial charge in [-0.3, -0.25) is 4.79 Å². The van der Waals surface area contributed by atoms with Crippen LogP contribution in [-0.4, -0.2) is 16.1 Å². The van der Waals surface area contributed by atoms with Crippen LogP contribution in [0.4, 0.5) is 8.78 Å². The fraction of sp³-hybridized carbons (Fsp3) is 0.143. The molecule has 28 heavy (non-hydrogen) atoms. The average Bonchev–Trinajstić information content (AvgIpc) is 2.66. The van der Waals surface area contributed by atoms with Crippen LogP contribution < -0.4 is 4.74 Å². The van der Waals surface area contributed by atoms with Gasteiger partial charge in [0.2, 0.25) is 5.88 Å². The molecule has 0 aliphatic carbocycles. The Balaban J connectivity index is 1.80. The average molecular weight is 404 g/mol. The summed E-state index contributed by atoms with van der Waals surface area (Å²) in [6.07, 6.45) is 0. The van der Waals surface area contributed by atoms with E-state index in [-0.39, 0.29) is 23.1 Å². The number of aliphatic carboxylic acids is 1. The number of nitrogens with zero attached hydrogens (tertiary/aromatic N) is 1. The molecule has 3 aromatic rings. The molecule has 0 spiro atoms. The van der Waals surface area contributed by atoms with Crippen LogP contribution in [0.15, 0.2) is 54.6 Å². The van der Waals surface area contributed by atoms with E-state index in [2.05, 4.69) is 4.98 Å². The Morgan fingerprint density at radius 1 is 1.14 bits per heavy atom. The Morgan fingerprint density at radius 2 is 1.93 bits per heavy atom. The van der Waals surface area contributed by atoms with Crippen molar-refractivity contribution in [3.05, 3.63) is 82.4 Å². The maximum atomic E-state index is 14.5. The molecule has 0 fully saturated rings. The quantitative estimate of drug-likeness (QED) is 0.594. The van der Waals surface area contributed by atoms with Crippen LogP contribution in [0, 0.1) is 11.6 Å². The Kier molecular flexibility index (Phi) is 5.90. The number of hydrogen-bond acceptors (Lipinski definition) is 3. The highest BCUT2D eigenvalue weighted by atomic mass is 35.5. The van der Waals surface area contributed by atoms with Gasteiger partial charge in [-0.1, -0.05) is 29.8 Å². The second-order valence-corrected chi connectivity index (χ2v) is 6.62. The Morgan fingerprint density at radius 3 is 2.61 bits per heavy atom. The molecule has 2 aromatic carbocycles. The summed E-state index contributed by atoms with van der Waals surface area (Å²) in [5.41, 5.74) is 1.21. The van der Waals surface area contributed by atoms with E-state index < -0.39 is 23.5 Å². The van der Waals surface area contributed by atoms with Gasteiger partial charge in [0.05, 0.1) is 11.6 Å². The lowest BCUT2D eigenvalue weighted by atomic mass is 9.98. The summed E-state index contributed by atoms with van der Waals surface area (Å²) in [5.74, 6) is -2.72. The second-order valence-electron chi connectivity index (χ2n) is 6.18. The van der Waals surface area contributed by atoms with Crippen LogP contribution in [0.2, 0.25) is 5.02 Å². The molecule has 1 atom stereocenters. The molecule has 0 radical (unpaired) electrons. The van der Waals surface area contributed by atoms with Gasteiger partial charge in [-0.15, -0.1) is 0 Å². The first kappa shape index (κ1) is 19.8. The number of pyridine rings is 1. The van der Waals surface area contributed by atoms with Gasteiger partial charge in [0.25, 0.3) is 0 Å². The maximum Gasteiger partial charge on any atom is 0.310 e. The number of carboxylic acid groups (broad SMARTS) is 1. The summed E-state index contributed by atoms with van der Waals surface area (Å²) >= 11 is 5.72. The molecule has 0 saturated heterocycles. The smallest absolute Gasteiger partial charge is 0.310 e. The molecular weight excluding hydrogens is 388 g/mol. The highest BCUT2D eigenvalue weighted by Crippen LogP contribution is 2.27. The Hall–Kier alpha value is -2.99. The molecular formula is C21H16ClF2NO3. The van der Waals surface area contributed by atoms with Crippen molar-refractivity contribution in [2.24, 2.45) is 0 Å². The van der Waals surface area contributed by atoms with E-state index in [0.29, 0.717) is 16.8 Å². The molecule has 0 amide bonds. The molecule has 0 bridgehead atoms. The van der Waals surface area contributed by atoms with Crippen molar-refractivity contribution >= 4 is 17.6 Å². The molecule has 144 valence electrons. The topological polar surface area (TPSA) is 59.4 Å². The fourth-order valence-corrected chi connectivity index (χ4v) is 2.75. The SMILES string of the molecule is CC(C(=O)O)c1ccc(-c2cccc(OCc3ccc(Cl)cc3F)n2)c(F)c1. The molecule has 4 nitrogen and oxygen atoms in total. The van der Waals surface area contributed by atoms with Crippen LogP contribution >= 0.6 is 11.6 Å². The van der Waals surface area contributed by atoms with Crippen LogP contribution in [0.5, 0.6) is 5.88 Å². The minimum atomic E-state index is -1.03. The van der Waals surface area contributed by atoms with Gasteiger partial charge < -0.3 is 9.84 Å². The van der Waals surface area contributed by atoms with Gasteiger partial charge in [0, 0.05) is 22.2 Å². The first-order chi connectivity index (χ1) is 13.3. The summed E-state index contributed by atoms with van der Waals surface area (Å²) < 4.78 is 33.8. The molecule has 1 heterocycles. The number of rotatable bonds is 6. The van der Waals surface area contributed by atoms with Crippen LogP contribution in [0.3, 0.4) is 0 Å². The van der Waals surface area contributed by atoms with Crippen molar-refractivity contribution < 1.29 is 23.4 Å². The van der Waals surface area contributed by atoms with Crippen molar-refractivity contribution in [2.75, 3.05) is 0 Å². The molecule has 3 rings (SSSR count). The van der Waals surface area contributed by atoms with Gasteiger partial charge in [0.15, 0.2) is 0 Å². The second kappa shape index (κ2) is 8.35. The maximum absolute atomic E-state index is 14.5. The highest BCUT2D eigenvalue weighted by Gasteiger charge is 2.16. The zero-order chi connectivity index (χ0) is 20.3. The van der Waals surface area contributed by atoms with Crippen molar-refractivity contribution in [3.63, 3.8) is 0 Å². The Labute approximate surface area is 165 Å².